The third kappa shape index (κ3) is 2.71. The lowest BCUT2D eigenvalue weighted by atomic mass is 9.81. The van der Waals surface area contributed by atoms with Gasteiger partial charge in [-0.15, -0.1) is 0 Å². The number of benzene rings is 1. The first-order chi connectivity index (χ1) is 8.16. The third-order valence-corrected chi connectivity index (χ3v) is 3.92. The molecule has 1 aromatic rings. The van der Waals surface area contributed by atoms with Crippen molar-refractivity contribution in [3.05, 3.63) is 35.4 Å². The summed E-state index contributed by atoms with van der Waals surface area (Å²) in [5, 5.41) is 3.76. The van der Waals surface area contributed by atoms with Crippen molar-refractivity contribution in [3.8, 4) is 0 Å². The van der Waals surface area contributed by atoms with Crippen LogP contribution in [0.3, 0.4) is 0 Å². The van der Waals surface area contributed by atoms with Gasteiger partial charge >= 0.3 is 0 Å². The highest BCUT2D eigenvalue weighted by Crippen LogP contribution is 2.36. The number of hydrogen-bond donors (Lipinski definition) is 1. The highest BCUT2D eigenvalue weighted by atomic mass is 15.0. The first-order valence-electron chi connectivity index (χ1n) is 7.01. The van der Waals surface area contributed by atoms with E-state index in [1.54, 1.807) is 0 Å². The summed E-state index contributed by atoms with van der Waals surface area (Å²) in [5.74, 6) is 0.742. The molecule has 1 unspecified atom stereocenters. The Labute approximate surface area is 106 Å². The Morgan fingerprint density at radius 1 is 1.24 bits per heavy atom. The smallest absolute Gasteiger partial charge is 0.0437 e. The van der Waals surface area contributed by atoms with Crippen molar-refractivity contribution >= 4 is 0 Å². The minimum atomic E-state index is 0.250. The van der Waals surface area contributed by atoms with Gasteiger partial charge in [-0.2, -0.15) is 0 Å². The summed E-state index contributed by atoms with van der Waals surface area (Å²) < 4.78 is 0. The monoisotopic (exact) mass is 231 g/mol. The maximum atomic E-state index is 3.76. The molecule has 1 heteroatoms. The maximum Gasteiger partial charge on any atom is 0.0437 e. The molecule has 0 aliphatic carbocycles. The second-order valence-corrected chi connectivity index (χ2v) is 5.76. The van der Waals surface area contributed by atoms with Crippen LogP contribution in [0.1, 0.15) is 51.2 Å². The Morgan fingerprint density at radius 2 is 1.94 bits per heavy atom. The fourth-order valence-electron chi connectivity index (χ4n) is 3.10. The molecule has 94 valence electrons. The Kier molecular flexibility index (Phi) is 3.88. The third-order valence-electron chi connectivity index (χ3n) is 3.92. The molecule has 17 heavy (non-hydrogen) atoms. The molecule has 0 saturated carbocycles. The number of nitrogens with one attached hydrogen (secondary N) is 1. The molecule has 1 heterocycles. The summed E-state index contributed by atoms with van der Waals surface area (Å²) >= 11 is 0. The molecule has 1 fully saturated rings. The van der Waals surface area contributed by atoms with E-state index in [4.69, 9.17) is 0 Å². The van der Waals surface area contributed by atoms with Crippen LogP contribution < -0.4 is 5.32 Å². The summed E-state index contributed by atoms with van der Waals surface area (Å²) in [6.45, 7) is 8.03. The van der Waals surface area contributed by atoms with Gasteiger partial charge in [0.25, 0.3) is 0 Å². The van der Waals surface area contributed by atoms with Gasteiger partial charge in [0.05, 0.1) is 0 Å². The normalized spacial score (nSPS) is 24.5. The standard InChI is InChI=1S/C16H25N/c1-4-14-6-8-15(9-7-14)16(12-13(2)3)10-5-11-17-16/h6-9,13,17H,4-5,10-12H2,1-3H3. The number of aryl methyl sites for hydroxylation is 1. The van der Waals surface area contributed by atoms with Gasteiger partial charge in [0.2, 0.25) is 0 Å². The van der Waals surface area contributed by atoms with E-state index in [9.17, 15) is 0 Å². The molecule has 0 amide bonds. The van der Waals surface area contributed by atoms with Gasteiger partial charge in [-0.3, -0.25) is 0 Å². The maximum absolute atomic E-state index is 3.76. The Balaban J connectivity index is 2.25. The minimum Gasteiger partial charge on any atom is -0.307 e. The molecule has 1 saturated heterocycles. The van der Waals surface area contributed by atoms with Crippen LogP contribution in [0, 0.1) is 5.92 Å². The average Bonchev–Trinajstić information content (AvgIpc) is 2.78. The predicted molar refractivity (Wildman–Crippen MR) is 74.2 cm³/mol. The second-order valence-electron chi connectivity index (χ2n) is 5.76. The van der Waals surface area contributed by atoms with E-state index >= 15 is 0 Å². The summed E-state index contributed by atoms with van der Waals surface area (Å²) in [7, 11) is 0. The first kappa shape index (κ1) is 12.6. The fourth-order valence-corrected chi connectivity index (χ4v) is 3.10. The molecule has 1 aliphatic heterocycles. The molecule has 0 radical (unpaired) electrons. The SMILES string of the molecule is CCc1ccc(C2(CC(C)C)CCCN2)cc1. The first-order valence-corrected chi connectivity index (χ1v) is 7.01. The van der Waals surface area contributed by atoms with Gasteiger partial charge in [0.1, 0.15) is 0 Å². The molecule has 1 nitrogen and oxygen atoms in total. The van der Waals surface area contributed by atoms with Gasteiger partial charge in [-0.05, 0) is 49.3 Å². The zero-order chi connectivity index (χ0) is 12.3. The van der Waals surface area contributed by atoms with Crippen LogP contribution in [0.15, 0.2) is 24.3 Å². The van der Waals surface area contributed by atoms with Crippen molar-refractivity contribution < 1.29 is 0 Å². The lowest BCUT2D eigenvalue weighted by molar-refractivity contribution is 0.311. The van der Waals surface area contributed by atoms with Crippen molar-refractivity contribution in [2.75, 3.05) is 6.54 Å². The second kappa shape index (κ2) is 5.22. The van der Waals surface area contributed by atoms with Gasteiger partial charge in [-0.25, -0.2) is 0 Å². The lowest BCUT2D eigenvalue weighted by Crippen LogP contribution is -2.38. The molecule has 0 spiro atoms. The van der Waals surface area contributed by atoms with E-state index in [-0.39, 0.29) is 5.54 Å². The molecular weight excluding hydrogens is 206 g/mol. The summed E-state index contributed by atoms with van der Waals surface area (Å²) in [4.78, 5) is 0. The van der Waals surface area contributed by atoms with E-state index in [0.717, 1.165) is 12.3 Å². The van der Waals surface area contributed by atoms with Crippen LogP contribution in [0.4, 0.5) is 0 Å². The number of hydrogen-bond acceptors (Lipinski definition) is 1. The van der Waals surface area contributed by atoms with Gasteiger partial charge in [0, 0.05) is 5.54 Å². The molecule has 1 atom stereocenters. The van der Waals surface area contributed by atoms with E-state index in [1.165, 1.54) is 36.9 Å². The predicted octanol–water partition coefficient (Wildman–Crippen LogP) is 3.87. The van der Waals surface area contributed by atoms with Crippen molar-refractivity contribution in [2.45, 2.75) is 52.0 Å². The largest absolute Gasteiger partial charge is 0.307 e. The van der Waals surface area contributed by atoms with Crippen molar-refractivity contribution in [2.24, 2.45) is 5.92 Å². The van der Waals surface area contributed by atoms with Crippen LogP contribution in [0.25, 0.3) is 0 Å². The van der Waals surface area contributed by atoms with E-state index in [0.29, 0.717) is 0 Å². The molecule has 0 bridgehead atoms. The zero-order valence-electron chi connectivity index (χ0n) is 11.4. The van der Waals surface area contributed by atoms with Crippen molar-refractivity contribution in [1.29, 1.82) is 0 Å². The van der Waals surface area contributed by atoms with E-state index in [2.05, 4.69) is 50.4 Å². The van der Waals surface area contributed by atoms with Crippen LogP contribution in [0.5, 0.6) is 0 Å². The number of rotatable bonds is 4. The summed E-state index contributed by atoms with van der Waals surface area (Å²) in [6, 6.07) is 9.24. The van der Waals surface area contributed by atoms with Gasteiger partial charge in [0.15, 0.2) is 0 Å². The van der Waals surface area contributed by atoms with Crippen LogP contribution >= 0.6 is 0 Å². The van der Waals surface area contributed by atoms with Crippen molar-refractivity contribution in [3.63, 3.8) is 0 Å². The fraction of sp³-hybridized carbons (Fsp3) is 0.625. The summed E-state index contributed by atoms with van der Waals surface area (Å²) in [5.41, 5.74) is 3.17. The molecule has 2 rings (SSSR count). The van der Waals surface area contributed by atoms with Crippen LogP contribution in [0.2, 0.25) is 0 Å². The summed E-state index contributed by atoms with van der Waals surface area (Å²) in [6.07, 6.45) is 4.97. The highest BCUT2D eigenvalue weighted by Gasteiger charge is 2.35. The van der Waals surface area contributed by atoms with Gasteiger partial charge in [-0.1, -0.05) is 45.0 Å². The molecular formula is C16H25N. The van der Waals surface area contributed by atoms with E-state index in [1.807, 2.05) is 0 Å². The Morgan fingerprint density at radius 3 is 2.41 bits per heavy atom. The Hall–Kier alpha value is -0.820. The van der Waals surface area contributed by atoms with E-state index < -0.39 is 0 Å². The van der Waals surface area contributed by atoms with Crippen LogP contribution in [-0.2, 0) is 12.0 Å². The molecule has 1 aromatic carbocycles. The topological polar surface area (TPSA) is 12.0 Å². The zero-order valence-corrected chi connectivity index (χ0v) is 11.4. The Bertz CT molecular complexity index is 344. The lowest BCUT2D eigenvalue weighted by Gasteiger charge is -2.32. The quantitative estimate of drug-likeness (QED) is 0.829. The molecule has 0 aromatic heterocycles. The average molecular weight is 231 g/mol. The molecule has 1 aliphatic rings. The highest BCUT2D eigenvalue weighted by molar-refractivity contribution is 5.29. The molecule has 1 N–H and O–H groups in total. The van der Waals surface area contributed by atoms with Crippen LogP contribution in [-0.4, -0.2) is 6.54 Å². The van der Waals surface area contributed by atoms with Gasteiger partial charge < -0.3 is 5.32 Å². The minimum absolute atomic E-state index is 0.250. The van der Waals surface area contributed by atoms with Crippen molar-refractivity contribution in [1.82, 2.24) is 5.32 Å².